The van der Waals surface area contributed by atoms with Crippen LogP contribution in [0.3, 0.4) is 0 Å². The third-order valence-corrected chi connectivity index (χ3v) is 7.16. The lowest BCUT2D eigenvalue weighted by Crippen LogP contribution is -2.44. The van der Waals surface area contributed by atoms with E-state index in [0.29, 0.717) is 26.3 Å². The maximum Gasteiger partial charge on any atom is 0.236 e. The fourth-order valence-electron chi connectivity index (χ4n) is 2.41. The van der Waals surface area contributed by atoms with Crippen molar-refractivity contribution in [2.75, 3.05) is 33.4 Å². The van der Waals surface area contributed by atoms with Gasteiger partial charge in [-0.15, -0.1) is 10.2 Å². The Balaban J connectivity index is 1.49. The number of methoxy groups -OCH3 is 1. The minimum absolute atomic E-state index is 0.140. The average Bonchev–Trinajstić information content (AvgIpc) is 3.14. The van der Waals surface area contributed by atoms with E-state index in [1.54, 1.807) is 18.9 Å². The van der Waals surface area contributed by atoms with Gasteiger partial charge in [-0.3, -0.25) is 4.79 Å². The second-order valence-corrected chi connectivity index (χ2v) is 9.46. The highest BCUT2D eigenvalue weighted by Crippen LogP contribution is 2.33. The molecule has 1 aliphatic rings. The molecule has 6 nitrogen and oxygen atoms in total. The number of carbonyl (C=O) groups excluding carboxylic acids is 1. The van der Waals surface area contributed by atoms with Crippen LogP contribution in [0.25, 0.3) is 0 Å². The summed E-state index contributed by atoms with van der Waals surface area (Å²) < 4.78 is 12.2. The van der Waals surface area contributed by atoms with Gasteiger partial charge in [0, 0.05) is 18.8 Å². The summed E-state index contributed by atoms with van der Waals surface area (Å²) in [4.78, 5) is 14.3. The van der Waals surface area contributed by atoms with Gasteiger partial charge in [-0.05, 0) is 24.6 Å². The molecule has 0 spiro atoms. The average molecular weight is 412 g/mol. The number of hydrogen-bond donors (Lipinski definition) is 0. The molecule has 1 aromatic carbocycles. The first kappa shape index (κ1) is 19.5. The van der Waals surface area contributed by atoms with Crippen molar-refractivity contribution in [2.45, 2.75) is 26.6 Å². The van der Waals surface area contributed by atoms with E-state index >= 15 is 0 Å². The first-order valence-corrected chi connectivity index (χ1v) is 11.0. The molecule has 0 N–H and O–H groups in total. The van der Waals surface area contributed by atoms with Crippen LogP contribution in [0.4, 0.5) is 0 Å². The second kappa shape index (κ2) is 9.59. The third kappa shape index (κ3) is 5.35. The van der Waals surface area contributed by atoms with Crippen LogP contribution in [0.2, 0.25) is 0 Å². The molecule has 1 fully saturated rings. The molecular weight excluding hydrogens is 390 g/mol. The maximum absolute atomic E-state index is 12.5. The van der Waals surface area contributed by atoms with E-state index in [1.165, 1.54) is 28.7 Å². The third-order valence-electron chi connectivity index (χ3n) is 3.86. The van der Waals surface area contributed by atoms with Crippen molar-refractivity contribution in [1.82, 2.24) is 15.1 Å². The molecule has 1 unspecified atom stereocenters. The SMILES string of the molecule is COc1ccc(CSc2nnc(SC(C)C(=O)N3CCOCC3)s2)cc1. The molecule has 0 bridgehead atoms. The smallest absolute Gasteiger partial charge is 0.236 e. The van der Waals surface area contributed by atoms with E-state index in [9.17, 15) is 4.79 Å². The van der Waals surface area contributed by atoms with Crippen molar-refractivity contribution in [3.05, 3.63) is 29.8 Å². The molecule has 1 amide bonds. The summed E-state index contributed by atoms with van der Waals surface area (Å²) in [5.41, 5.74) is 1.20. The van der Waals surface area contributed by atoms with Gasteiger partial charge in [0.2, 0.25) is 5.91 Å². The van der Waals surface area contributed by atoms with Crippen molar-refractivity contribution in [1.29, 1.82) is 0 Å². The van der Waals surface area contributed by atoms with E-state index in [-0.39, 0.29) is 11.2 Å². The molecule has 0 radical (unpaired) electrons. The van der Waals surface area contributed by atoms with Crippen molar-refractivity contribution in [3.63, 3.8) is 0 Å². The second-order valence-electron chi connectivity index (χ2n) is 5.67. The Bertz CT molecular complexity index is 718. The van der Waals surface area contributed by atoms with Crippen molar-refractivity contribution in [3.8, 4) is 5.75 Å². The van der Waals surface area contributed by atoms with E-state index < -0.39 is 0 Å². The summed E-state index contributed by atoms with van der Waals surface area (Å²) in [6.45, 7) is 4.50. The topological polar surface area (TPSA) is 64.6 Å². The van der Waals surface area contributed by atoms with Crippen molar-refractivity contribution in [2.24, 2.45) is 0 Å². The first-order valence-electron chi connectivity index (χ1n) is 8.28. The fraction of sp³-hybridized carbons (Fsp3) is 0.471. The Morgan fingerprint density at radius 3 is 2.65 bits per heavy atom. The van der Waals surface area contributed by atoms with Crippen LogP contribution in [0, 0.1) is 0 Å². The van der Waals surface area contributed by atoms with Gasteiger partial charge in [0.1, 0.15) is 5.75 Å². The zero-order chi connectivity index (χ0) is 18.4. The molecule has 1 aliphatic heterocycles. The number of carbonyl (C=O) groups is 1. The molecule has 2 aromatic rings. The van der Waals surface area contributed by atoms with Crippen LogP contribution in [0.15, 0.2) is 32.9 Å². The van der Waals surface area contributed by atoms with Gasteiger partial charge in [0.25, 0.3) is 0 Å². The predicted octanol–water partition coefficient (Wildman–Crippen LogP) is 3.18. The van der Waals surface area contributed by atoms with Gasteiger partial charge in [0.15, 0.2) is 8.68 Å². The van der Waals surface area contributed by atoms with E-state index in [0.717, 1.165) is 20.2 Å². The Hall–Kier alpha value is -1.29. The molecule has 0 aliphatic carbocycles. The number of nitrogens with zero attached hydrogens (tertiary/aromatic N) is 3. The van der Waals surface area contributed by atoms with Gasteiger partial charge >= 0.3 is 0 Å². The number of hydrogen-bond acceptors (Lipinski definition) is 8. The van der Waals surface area contributed by atoms with Crippen molar-refractivity contribution < 1.29 is 14.3 Å². The minimum atomic E-state index is -0.166. The van der Waals surface area contributed by atoms with E-state index in [2.05, 4.69) is 10.2 Å². The van der Waals surface area contributed by atoms with Gasteiger partial charge in [0.05, 0.1) is 25.6 Å². The lowest BCUT2D eigenvalue weighted by atomic mass is 10.2. The Labute approximate surface area is 165 Å². The molecule has 1 aromatic heterocycles. The summed E-state index contributed by atoms with van der Waals surface area (Å²) in [5, 5.41) is 8.28. The number of amides is 1. The number of rotatable bonds is 7. The van der Waals surface area contributed by atoms with Crippen LogP contribution < -0.4 is 4.74 Å². The zero-order valence-corrected chi connectivity index (χ0v) is 17.2. The molecule has 26 heavy (non-hydrogen) atoms. The molecule has 1 atom stereocenters. The van der Waals surface area contributed by atoms with Crippen LogP contribution in [-0.2, 0) is 15.3 Å². The van der Waals surface area contributed by atoms with E-state index in [4.69, 9.17) is 9.47 Å². The largest absolute Gasteiger partial charge is 0.497 e. The van der Waals surface area contributed by atoms with Gasteiger partial charge in [-0.1, -0.05) is 47.0 Å². The van der Waals surface area contributed by atoms with Crippen LogP contribution in [0.1, 0.15) is 12.5 Å². The quantitative estimate of drug-likeness (QED) is 0.648. The molecular formula is C17H21N3O3S3. The predicted molar refractivity (Wildman–Crippen MR) is 105 cm³/mol. The monoisotopic (exact) mass is 411 g/mol. The Morgan fingerprint density at radius 2 is 1.96 bits per heavy atom. The highest BCUT2D eigenvalue weighted by Gasteiger charge is 2.24. The zero-order valence-electron chi connectivity index (χ0n) is 14.7. The van der Waals surface area contributed by atoms with Crippen molar-refractivity contribution >= 4 is 40.8 Å². The minimum Gasteiger partial charge on any atom is -0.497 e. The van der Waals surface area contributed by atoms with Crippen LogP contribution in [-0.4, -0.2) is 59.7 Å². The summed E-state index contributed by atoms with van der Waals surface area (Å²) in [5.74, 6) is 1.82. The number of morpholine rings is 1. The molecule has 2 heterocycles. The van der Waals surface area contributed by atoms with Crippen LogP contribution >= 0.6 is 34.9 Å². The van der Waals surface area contributed by atoms with Gasteiger partial charge in [-0.25, -0.2) is 0 Å². The Kier molecular flexibility index (Phi) is 7.18. The first-order chi connectivity index (χ1) is 12.7. The highest BCUT2D eigenvalue weighted by atomic mass is 32.2. The van der Waals surface area contributed by atoms with Crippen LogP contribution in [0.5, 0.6) is 5.75 Å². The lowest BCUT2D eigenvalue weighted by Gasteiger charge is -2.28. The number of benzene rings is 1. The van der Waals surface area contributed by atoms with E-state index in [1.807, 2.05) is 36.1 Å². The van der Waals surface area contributed by atoms with Gasteiger partial charge < -0.3 is 14.4 Å². The number of thioether (sulfide) groups is 2. The summed E-state index contributed by atoms with van der Waals surface area (Å²) in [6, 6.07) is 8.00. The summed E-state index contributed by atoms with van der Waals surface area (Å²) >= 11 is 4.66. The summed E-state index contributed by atoms with van der Waals surface area (Å²) in [6.07, 6.45) is 0. The molecule has 0 saturated carbocycles. The lowest BCUT2D eigenvalue weighted by molar-refractivity contribution is -0.134. The maximum atomic E-state index is 12.5. The molecule has 1 saturated heterocycles. The molecule has 3 rings (SSSR count). The molecule has 9 heteroatoms. The number of ether oxygens (including phenoxy) is 2. The van der Waals surface area contributed by atoms with Gasteiger partial charge in [-0.2, -0.15) is 0 Å². The normalized spacial score (nSPS) is 15.7. The molecule has 140 valence electrons. The number of aromatic nitrogens is 2. The fourth-order valence-corrected chi connectivity index (χ4v) is 5.62. The highest BCUT2D eigenvalue weighted by molar-refractivity contribution is 8.03. The summed E-state index contributed by atoms with van der Waals surface area (Å²) in [7, 11) is 1.66. The Morgan fingerprint density at radius 1 is 1.27 bits per heavy atom. The standard InChI is InChI=1S/C17H21N3O3S3/c1-12(15(21)20-7-9-23-10-8-20)25-17-19-18-16(26-17)24-11-13-3-5-14(22-2)6-4-13/h3-6,12H,7-11H2,1-2H3.